The summed E-state index contributed by atoms with van der Waals surface area (Å²) < 4.78 is 26.6. The first-order chi connectivity index (χ1) is 12.6. The van der Waals surface area contributed by atoms with Crippen molar-refractivity contribution in [2.75, 3.05) is 6.54 Å². The first kappa shape index (κ1) is 20.8. The third-order valence-electron chi connectivity index (χ3n) is 6.43. The van der Waals surface area contributed by atoms with Crippen LogP contribution in [0.1, 0.15) is 72.8 Å². The quantitative estimate of drug-likeness (QED) is 0.682. The fourth-order valence-electron chi connectivity index (χ4n) is 4.20. The Labute approximate surface area is 164 Å². The fraction of sp³-hybridized carbons (Fsp3) is 0.727. The third kappa shape index (κ3) is 4.57. The van der Waals surface area contributed by atoms with E-state index in [1.165, 1.54) is 25.7 Å². The standard InChI is InChI=1S/C22H35BFNO2/c1-16(2)14-25(19-9-7-8-10-19)15-17-11-12-18(24)13-20(17)23-26-21(3,4)22(5,6)27-23/h11-13,16,19H,7-10,14-15H2,1-6H3. The molecule has 0 radical (unpaired) electrons. The van der Waals surface area contributed by atoms with Gasteiger partial charge in [0.1, 0.15) is 5.82 Å². The smallest absolute Gasteiger partial charge is 0.399 e. The van der Waals surface area contributed by atoms with Gasteiger partial charge in [-0.05, 0) is 69.6 Å². The molecular weight excluding hydrogens is 340 g/mol. The van der Waals surface area contributed by atoms with Crippen molar-refractivity contribution in [3.05, 3.63) is 29.6 Å². The van der Waals surface area contributed by atoms with E-state index in [0.29, 0.717) is 12.0 Å². The summed E-state index contributed by atoms with van der Waals surface area (Å²) in [5.74, 6) is 0.367. The number of benzene rings is 1. The van der Waals surface area contributed by atoms with E-state index in [2.05, 4.69) is 18.7 Å². The zero-order valence-electron chi connectivity index (χ0n) is 17.8. The number of hydrogen-bond donors (Lipinski definition) is 0. The average molecular weight is 375 g/mol. The zero-order valence-corrected chi connectivity index (χ0v) is 17.8. The molecule has 150 valence electrons. The predicted molar refractivity (Wildman–Crippen MR) is 110 cm³/mol. The van der Waals surface area contributed by atoms with Gasteiger partial charge in [-0.1, -0.05) is 32.8 Å². The summed E-state index contributed by atoms with van der Waals surface area (Å²) in [5, 5.41) is 0. The van der Waals surface area contributed by atoms with Crippen LogP contribution in [0.25, 0.3) is 0 Å². The average Bonchev–Trinajstić information content (AvgIpc) is 3.14. The highest BCUT2D eigenvalue weighted by Gasteiger charge is 2.52. The molecule has 2 aliphatic rings. The van der Waals surface area contributed by atoms with Crippen LogP contribution in [-0.2, 0) is 15.9 Å². The SMILES string of the molecule is CC(C)CN(Cc1ccc(F)cc1B1OC(C)(C)C(C)(C)O1)C1CCCC1. The van der Waals surface area contributed by atoms with Crippen LogP contribution in [0.2, 0.25) is 0 Å². The monoisotopic (exact) mass is 375 g/mol. The van der Waals surface area contributed by atoms with E-state index in [-0.39, 0.29) is 5.82 Å². The van der Waals surface area contributed by atoms with Gasteiger partial charge in [-0.15, -0.1) is 0 Å². The van der Waals surface area contributed by atoms with Gasteiger partial charge < -0.3 is 9.31 Å². The summed E-state index contributed by atoms with van der Waals surface area (Å²) in [6.45, 7) is 14.6. The lowest BCUT2D eigenvalue weighted by molar-refractivity contribution is 0.00578. The minimum absolute atomic E-state index is 0.236. The van der Waals surface area contributed by atoms with E-state index in [9.17, 15) is 4.39 Å². The molecule has 0 N–H and O–H groups in total. The minimum atomic E-state index is -0.523. The van der Waals surface area contributed by atoms with Crippen molar-refractivity contribution in [3.63, 3.8) is 0 Å². The third-order valence-corrected chi connectivity index (χ3v) is 6.43. The topological polar surface area (TPSA) is 21.7 Å². The zero-order chi connectivity index (χ0) is 19.8. The Morgan fingerprint density at radius 1 is 1.11 bits per heavy atom. The number of rotatable bonds is 6. The molecule has 1 aromatic carbocycles. The molecule has 2 fully saturated rings. The van der Waals surface area contributed by atoms with Gasteiger partial charge in [0.05, 0.1) is 11.2 Å². The molecule has 3 nitrogen and oxygen atoms in total. The molecule has 1 aliphatic heterocycles. The van der Waals surface area contributed by atoms with Gasteiger partial charge in [0.25, 0.3) is 0 Å². The van der Waals surface area contributed by atoms with Gasteiger partial charge in [-0.2, -0.15) is 0 Å². The van der Waals surface area contributed by atoms with E-state index in [1.54, 1.807) is 12.1 Å². The Morgan fingerprint density at radius 2 is 1.70 bits per heavy atom. The second-order valence-corrected chi connectivity index (χ2v) is 9.69. The van der Waals surface area contributed by atoms with Crippen LogP contribution < -0.4 is 5.46 Å². The van der Waals surface area contributed by atoms with Crippen LogP contribution in [0, 0.1) is 11.7 Å². The molecule has 3 rings (SSSR count). The van der Waals surface area contributed by atoms with Crippen LogP contribution >= 0.6 is 0 Å². The van der Waals surface area contributed by atoms with Crippen molar-refractivity contribution in [2.45, 2.75) is 91.0 Å². The van der Waals surface area contributed by atoms with Crippen LogP contribution in [0.4, 0.5) is 4.39 Å². The molecule has 1 aliphatic carbocycles. The Balaban J connectivity index is 1.87. The number of hydrogen-bond acceptors (Lipinski definition) is 3. The van der Waals surface area contributed by atoms with Crippen molar-refractivity contribution in [1.82, 2.24) is 4.90 Å². The molecule has 0 spiro atoms. The number of nitrogens with zero attached hydrogens (tertiary/aromatic N) is 1. The van der Waals surface area contributed by atoms with Gasteiger partial charge in [0.15, 0.2) is 0 Å². The van der Waals surface area contributed by atoms with Gasteiger partial charge in [0, 0.05) is 19.1 Å². The van der Waals surface area contributed by atoms with Gasteiger partial charge in [-0.25, -0.2) is 4.39 Å². The maximum absolute atomic E-state index is 14.1. The molecule has 0 amide bonds. The Bertz CT molecular complexity index is 640. The van der Waals surface area contributed by atoms with Gasteiger partial charge in [-0.3, -0.25) is 4.90 Å². The minimum Gasteiger partial charge on any atom is -0.399 e. The summed E-state index contributed by atoms with van der Waals surface area (Å²) in [7, 11) is -0.523. The first-order valence-electron chi connectivity index (χ1n) is 10.5. The molecule has 0 atom stereocenters. The van der Waals surface area contributed by atoms with Crippen molar-refractivity contribution in [1.29, 1.82) is 0 Å². The lowest BCUT2D eigenvalue weighted by Crippen LogP contribution is -2.41. The molecule has 1 saturated carbocycles. The molecule has 1 saturated heterocycles. The Hall–Kier alpha value is -0.905. The van der Waals surface area contributed by atoms with Crippen molar-refractivity contribution < 1.29 is 13.7 Å². The van der Waals surface area contributed by atoms with Crippen LogP contribution in [0.5, 0.6) is 0 Å². The normalized spacial score (nSPS) is 22.3. The van der Waals surface area contributed by atoms with Crippen molar-refractivity contribution in [2.24, 2.45) is 5.92 Å². The second kappa shape index (κ2) is 7.84. The lowest BCUT2D eigenvalue weighted by atomic mass is 9.75. The van der Waals surface area contributed by atoms with E-state index >= 15 is 0 Å². The van der Waals surface area contributed by atoms with Crippen molar-refractivity contribution in [3.8, 4) is 0 Å². The molecule has 1 heterocycles. The molecule has 27 heavy (non-hydrogen) atoms. The molecule has 1 aromatic rings. The summed E-state index contributed by atoms with van der Waals surface area (Å²) in [6, 6.07) is 5.70. The highest BCUT2D eigenvalue weighted by molar-refractivity contribution is 6.62. The van der Waals surface area contributed by atoms with Gasteiger partial charge >= 0.3 is 7.12 Å². The van der Waals surface area contributed by atoms with Crippen LogP contribution in [0.15, 0.2) is 18.2 Å². The van der Waals surface area contributed by atoms with Gasteiger partial charge in [0.2, 0.25) is 0 Å². The predicted octanol–water partition coefficient (Wildman–Crippen LogP) is 4.53. The first-order valence-corrected chi connectivity index (χ1v) is 10.5. The highest BCUT2D eigenvalue weighted by atomic mass is 19.1. The fourth-order valence-corrected chi connectivity index (χ4v) is 4.20. The van der Waals surface area contributed by atoms with E-state index in [4.69, 9.17) is 9.31 Å². The molecule has 0 aromatic heterocycles. The van der Waals surface area contributed by atoms with E-state index in [0.717, 1.165) is 24.1 Å². The second-order valence-electron chi connectivity index (χ2n) is 9.69. The molecule has 0 bridgehead atoms. The van der Waals surface area contributed by atoms with E-state index in [1.807, 2.05) is 33.8 Å². The molecular formula is C22H35BFNO2. The molecule has 5 heteroatoms. The summed E-state index contributed by atoms with van der Waals surface area (Å²) in [4.78, 5) is 2.58. The Morgan fingerprint density at radius 3 is 2.26 bits per heavy atom. The molecule has 0 unspecified atom stereocenters. The number of halogens is 1. The summed E-state index contributed by atoms with van der Waals surface area (Å²) in [5.41, 5.74) is 1.09. The van der Waals surface area contributed by atoms with Crippen LogP contribution in [0.3, 0.4) is 0 Å². The summed E-state index contributed by atoms with van der Waals surface area (Å²) in [6.07, 6.45) is 5.15. The largest absolute Gasteiger partial charge is 0.495 e. The highest BCUT2D eigenvalue weighted by Crippen LogP contribution is 2.37. The lowest BCUT2D eigenvalue weighted by Gasteiger charge is -2.32. The Kier molecular flexibility index (Phi) is 6.05. The van der Waals surface area contributed by atoms with Crippen LogP contribution in [-0.4, -0.2) is 35.8 Å². The van der Waals surface area contributed by atoms with Crippen molar-refractivity contribution >= 4 is 12.6 Å². The maximum Gasteiger partial charge on any atom is 0.495 e. The summed E-state index contributed by atoms with van der Waals surface area (Å²) >= 11 is 0. The maximum atomic E-state index is 14.1. The van der Waals surface area contributed by atoms with E-state index < -0.39 is 18.3 Å².